The number of halogens is 1. The second-order valence-electron chi connectivity index (χ2n) is 2.11. The normalized spacial score (nSPS) is 8.90. The molecule has 0 bridgehead atoms. The lowest BCUT2D eigenvalue weighted by molar-refractivity contribution is 0.618. The van der Waals surface area contributed by atoms with Crippen LogP contribution < -0.4 is 0 Å². The molecule has 1 aromatic rings. The number of aryl methyl sites for hydroxylation is 1. The van der Waals surface area contributed by atoms with Crippen LogP contribution in [0.5, 0.6) is 0 Å². The van der Waals surface area contributed by atoms with E-state index in [-0.39, 0.29) is 5.82 Å². The Balaban J connectivity index is 3.20. The van der Waals surface area contributed by atoms with E-state index in [2.05, 4.69) is 5.92 Å². The zero-order valence-electron chi connectivity index (χ0n) is 5.69. The van der Waals surface area contributed by atoms with Gasteiger partial charge in [0.1, 0.15) is 5.82 Å². The van der Waals surface area contributed by atoms with E-state index in [9.17, 15) is 4.39 Å². The molecule has 1 heteroatoms. The van der Waals surface area contributed by atoms with Gasteiger partial charge in [0.15, 0.2) is 0 Å². The second kappa shape index (κ2) is 2.53. The Kier molecular flexibility index (Phi) is 1.73. The molecule has 0 saturated carbocycles. The smallest absolute Gasteiger partial charge is 0.126 e. The molecular weight excluding hydrogens is 127 g/mol. The van der Waals surface area contributed by atoms with E-state index in [0.717, 1.165) is 5.56 Å². The SMILES string of the molecule is C#Cc1ccc(F)c(C)c1. The maximum absolute atomic E-state index is 12.6. The van der Waals surface area contributed by atoms with Gasteiger partial charge in [-0.3, -0.25) is 0 Å². The Hall–Kier alpha value is -1.29. The topological polar surface area (TPSA) is 0 Å². The molecule has 50 valence electrons. The van der Waals surface area contributed by atoms with Crippen LogP contribution in [-0.2, 0) is 0 Å². The summed E-state index contributed by atoms with van der Waals surface area (Å²) < 4.78 is 12.6. The van der Waals surface area contributed by atoms with Gasteiger partial charge in [0, 0.05) is 5.56 Å². The van der Waals surface area contributed by atoms with Crippen LogP contribution in [0.2, 0.25) is 0 Å². The van der Waals surface area contributed by atoms with Gasteiger partial charge < -0.3 is 0 Å². The molecule has 0 saturated heterocycles. The van der Waals surface area contributed by atoms with Crippen molar-refractivity contribution in [1.82, 2.24) is 0 Å². The van der Waals surface area contributed by atoms with Crippen LogP contribution in [0.15, 0.2) is 18.2 Å². The summed E-state index contributed by atoms with van der Waals surface area (Å²) in [5.41, 5.74) is 1.31. The first-order chi connectivity index (χ1) is 4.74. The minimum absolute atomic E-state index is 0.209. The Morgan fingerprint density at radius 1 is 1.50 bits per heavy atom. The average Bonchev–Trinajstić information content (AvgIpc) is 1.95. The number of hydrogen-bond acceptors (Lipinski definition) is 0. The van der Waals surface area contributed by atoms with Crippen molar-refractivity contribution < 1.29 is 4.39 Å². The van der Waals surface area contributed by atoms with Crippen LogP contribution in [0.1, 0.15) is 11.1 Å². The van der Waals surface area contributed by atoms with Crippen molar-refractivity contribution in [3.63, 3.8) is 0 Å². The first-order valence-corrected chi connectivity index (χ1v) is 2.97. The lowest BCUT2D eigenvalue weighted by Gasteiger charge is -1.94. The van der Waals surface area contributed by atoms with E-state index in [1.54, 1.807) is 19.1 Å². The van der Waals surface area contributed by atoms with E-state index in [4.69, 9.17) is 6.42 Å². The molecule has 10 heavy (non-hydrogen) atoms. The summed E-state index contributed by atoms with van der Waals surface area (Å²) in [6, 6.07) is 4.61. The predicted octanol–water partition coefficient (Wildman–Crippen LogP) is 2.12. The molecule has 0 aromatic heterocycles. The minimum atomic E-state index is -0.209. The summed E-state index contributed by atoms with van der Waals surface area (Å²) in [4.78, 5) is 0. The van der Waals surface area contributed by atoms with Gasteiger partial charge in [-0.05, 0) is 30.7 Å². The van der Waals surface area contributed by atoms with E-state index in [1.165, 1.54) is 6.07 Å². The highest BCUT2D eigenvalue weighted by Crippen LogP contribution is 2.07. The van der Waals surface area contributed by atoms with Gasteiger partial charge >= 0.3 is 0 Å². The first-order valence-electron chi connectivity index (χ1n) is 2.97. The highest BCUT2D eigenvalue weighted by Gasteiger charge is 1.94. The van der Waals surface area contributed by atoms with Crippen LogP contribution in [0.3, 0.4) is 0 Å². The Morgan fingerprint density at radius 3 is 2.70 bits per heavy atom. The molecule has 1 aromatic carbocycles. The fraction of sp³-hybridized carbons (Fsp3) is 0.111. The summed E-state index contributed by atoms with van der Waals surface area (Å²) in [7, 11) is 0. The van der Waals surface area contributed by atoms with Crippen LogP contribution in [0.4, 0.5) is 4.39 Å². The molecule has 0 N–H and O–H groups in total. The number of terminal acetylenes is 1. The number of hydrogen-bond donors (Lipinski definition) is 0. The molecule has 0 fully saturated rings. The van der Waals surface area contributed by atoms with Crippen molar-refractivity contribution in [1.29, 1.82) is 0 Å². The van der Waals surface area contributed by atoms with E-state index >= 15 is 0 Å². The monoisotopic (exact) mass is 134 g/mol. The first kappa shape index (κ1) is 6.82. The van der Waals surface area contributed by atoms with Crippen molar-refractivity contribution in [2.75, 3.05) is 0 Å². The summed E-state index contributed by atoms with van der Waals surface area (Å²) in [5, 5.41) is 0. The van der Waals surface area contributed by atoms with Gasteiger partial charge in [0.2, 0.25) is 0 Å². The van der Waals surface area contributed by atoms with E-state index in [1.807, 2.05) is 0 Å². The third-order valence-corrected chi connectivity index (χ3v) is 1.32. The number of benzene rings is 1. The highest BCUT2D eigenvalue weighted by atomic mass is 19.1. The third-order valence-electron chi connectivity index (χ3n) is 1.32. The molecule has 0 heterocycles. The van der Waals surface area contributed by atoms with Gasteiger partial charge in [0.25, 0.3) is 0 Å². The molecule has 0 nitrogen and oxygen atoms in total. The quantitative estimate of drug-likeness (QED) is 0.477. The van der Waals surface area contributed by atoms with Crippen molar-refractivity contribution in [3.05, 3.63) is 35.1 Å². The zero-order chi connectivity index (χ0) is 7.56. The van der Waals surface area contributed by atoms with Gasteiger partial charge in [-0.2, -0.15) is 0 Å². The molecule has 0 aliphatic heterocycles. The lowest BCUT2D eigenvalue weighted by atomic mass is 10.1. The molecule has 0 spiro atoms. The molecule has 0 amide bonds. The third kappa shape index (κ3) is 1.16. The van der Waals surface area contributed by atoms with Gasteiger partial charge in [0.05, 0.1) is 0 Å². The Labute approximate surface area is 59.7 Å². The van der Waals surface area contributed by atoms with Crippen LogP contribution in [-0.4, -0.2) is 0 Å². The number of rotatable bonds is 0. The van der Waals surface area contributed by atoms with Crippen molar-refractivity contribution >= 4 is 0 Å². The van der Waals surface area contributed by atoms with Gasteiger partial charge in [-0.15, -0.1) is 6.42 Å². The van der Waals surface area contributed by atoms with Gasteiger partial charge in [-0.25, -0.2) is 4.39 Å². The molecule has 0 aliphatic rings. The summed E-state index contributed by atoms with van der Waals surface area (Å²) in [6.45, 7) is 1.69. The maximum atomic E-state index is 12.6. The summed E-state index contributed by atoms with van der Waals surface area (Å²) in [6.07, 6.45) is 5.10. The largest absolute Gasteiger partial charge is 0.207 e. The molecule has 0 aliphatic carbocycles. The van der Waals surface area contributed by atoms with Gasteiger partial charge in [-0.1, -0.05) is 5.92 Å². The van der Waals surface area contributed by atoms with Crippen LogP contribution >= 0.6 is 0 Å². The summed E-state index contributed by atoms with van der Waals surface area (Å²) >= 11 is 0. The fourth-order valence-electron chi connectivity index (χ4n) is 0.734. The standard InChI is InChI=1S/C9H7F/c1-3-8-4-5-9(10)7(2)6-8/h1,4-6H,2H3. The van der Waals surface area contributed by atoms with Crippen molar-refractivity contribution in [2.24, 2.45) is 0 Å². The fourth-order valence-corrected chi connectivity index (χ4v) is 0.734. The molecule has 0 radical (unpaired) electrons. The highest BCUT2D eigenvalue weighted by molar-refractivity contribution is 5.35. The predicted molar refractivity (Wildman–Crippen MR) is 39.1 cm³/mol. The minimum Gasteiger partial charge on any atom is -0.207 e. The molecule has 0 unspecified atom stereocenters. The summed E-state index contributed by atoms with van der Waals surface area (Å²) in [5.74, 6) is 2.22. The lowest BCUT2D eigenvalue weighted by Crippen LogP contribution is -1.82. The van der Waals surface area contributed by atoms with Crippen molar-refractivity contribution in [3.8, 4) is 12.3 Å². The van der Waals surface area contributed by atoms with E-state index in [0.29, 0.717) is 5.56 Å². The van der Waals surface area contributed by atoms with Crippen LogP contribution in [0, 0.1) is 25.1 Å². The second-order valence-corrected chi connectivity index (χ2v) is 2.11. The molecule has 0 atom stereocenters. The molecular formula is C9H7F. The maximum Gasteiger partial charge on any atom is 0.126 e. The van der Waals surface area contributed by atoms with E-state index < -0.39 is 0 Å². The van der Waals surface area contributed by atoms with Crippen LogP contribution in [0.25, 0.3) is 0 Å². The Morgan fingerprint density at radius 2 is 2.20 bits per heavy atom. The Bertz CT molecular complexity index is 281. The van der Waals surface area contributed by atoms with Crippen molar-refractivity contribution in [2.45, 2.75) is 6.92 Å². The average molecular weight is 134 g/mol. The molecule has 1 rings (SSSR count). The zero-order valence-corrected chi connectivity index (χ0v) is 5.69.